The zero-order chi connectivity index (χ0) is 15.5. The third kappa shape index (κ3) is 2.61. The summed E-state index contributed by atoms with van der Waals surface area (Å²) >= 11 is 0. The first-order chi connectivity index (χ1) is 10.7. The number of aromatic carboxylic acids is 1. The average molecular weight is 300 g/mol. The molecule has 0 fully saturated rings. The van der Waals surface area contributed by atoms with E-state index >= 15 is 0 Å². The van der Waals surface area contributed by atoms with Crippen LogP contribution in [0, 0.1) is 0 Å². The highest BCUT2D eigenvalue weighted by atomic mass is 16.6. The first-order valence-corrected chi connectivity index (χ1v) is 6.89. The third-order valence-corrected chi connectivity index (χ3v) is 3.51. The molecule has 114 valence electrons. The van der Waals surface area contributed by atoms with Gasteiger partial charge in [0.05, 0.1) is 5.56 Å². The van der Waals surface area contributed by atoms with Crippen LogP contribution in [-0.4, -0.2) is 24.3 Å². The summed E-state index contributed by atoms with van der Waals surface area (Å²) in [5.74, 6) is 5.41. The molecular formula is C16H16N2O4. The Hall–Kier alpha value is -2.57. The minimum absolute atomic E-state index is 0.175. The van der Waals surface area contributed by atoms with Gasteiger partial charge in [-0.15, -0.1) is 0 Å². The van der Waals surface area contributed by atoms with Crippen molar-refractivity contribution in [2.75, 3.05) is 13.2 Å². The second-order valence-corrected chi connectivity index (χ2v) is 4.88. The largest absolute Gasteiger partial charge is 0.486 e. The second kappa shape index (κ2) is 6.05. The molecular weight excluding hydrogens is 284 g/mol. The fourth-order valence-electron chi connectivity index (χ4n) is 2.54. The number of fused-ring (bicyclic) bond motifs is 1. The molecule has 0 aromatic heterocycles. The Bertz CT molecular complexity index is 715. The number of hydrogen-bond acceptors (Lipinski definition) is 5. The Morgan fingerprint density at radius 3 is 2.50 bits per heavy atom. The van der Waals surface area contributed by atoms with Crippen LogP contribution in [-0.2, 0) is 6.54 Å². The van der Waals surface area contributed by atoms with Gasteiger partial charge in [-0.2, -0.15) is 0 Å². The quantitative estimate of drug-likeness (QED) is 0.589. The normalized spacial score (nSPS) is 13.0. The summed E-state index contributed by atoms with van der Waals surface area (Å²) in [5, 5.41) is 9.51. The maximum Gasteiger partial charge on any atom is 0.336 e. The lowest BCUT2D eigenvalue weighted by molar-refractivity contribution is 0.0696. The maximum atomic E-state index is 11.6. The summed E-state index contributed by atoms with van der Waals surface area (Å²) in [6.45, 7) is 1.30. The van der Waals surface area contributed by atoms with E-state index < -0.39 is 5.97 Å². The lowest BCUT2D eigenvalue weighted by Gasteiger charge is -2.21. The van der Waals surface area contributed by atoms with Crippen LogP contribution in [0.15, 0.2) is 36.4 Å². The van der Waals surface area contributed by atoms with Crippen molar-refractivity contribution in [3.63, 3.8) is 0 Å². The van der Waals surface area contributed by atoms with E-state index in [-0.39, 0.29) is 5.56 Å². The lowest BCUT2D eigenvalue weighted by Crippen LogP contribution is -2.21. The number of nitrogens with two attached hydrogens (primary N) is 1. The Kier molecular flexibility index (Phi) is 3.95. The van der Waals surface area contributed by atoms with Crippen molar-refractivity contribution in [3.8, 4) is 22.6 Å². The van der Waals surface area contributed by atoms with Gasteiger partial charge in [-0.1, -0.05) is 24.3 Å². The van der Waals surface area contributed by atoms with Crippen LogP contribution in [0.2, 0.25) is 0 Å². The van der Waals surface area contributed by atoms with E-state index in [0.29, 0.717) is 36.8 Å². The van der Waals surface area contributed by atoms with Gasteiger partial charge in [0.1, 0.15) is 13.2 Å². The summed E-state index contributed by atoms with van der Waals surface area (Å²) in [4.78, 5) is 11.6. The van der Waals surface area contributed by atoms with Crippen molar-refractivity contribution in [2.45, 2.75) is 6.54 Å². The van der Waals surface area contributed by atoms with Gasteiger partial charge < -0.3 is 14.6 Å². The van der Waals surface area contributed by atoms with E-state index in [9.17, 15) is 9.90 Å². The monoisotopic (exact) mass is 300 g/mol. The minimum atomic E-state index is -1.01. The molecule has 1 aliphatic rings. The van der Waals surface area contributed by atoms with E-state index in [1.165, 1.54) is 6.07 Å². The highest BCUT2D eigenvalue weighted by molar-refractivity contribution is 5.97. The van der Waals surface area contributed by atoms with Crippen LogP contribution in [0.4, 0.5) is 0 Å². The molecule has 0 amide bonds. The Labute approximate surface area is 127 Å². The van der Waals surface area contributed by atoms with Crippen molar-refractivity contribution in [2.24, 2.45) is 5.84 Å². The predicted molar refractivity (Wildman–Crippen MR) is 80.9 cm³/mol. The zero-order valence-corrected chi connectivity index (χ0v) is 11.8. The predicted octanol–water partition coefficient (Wildman–Crippen LogP) is 1.79. The van der Waals surface area contributed by atoms with Crippen molar-refractivity contribution in [3.05, 3.63) is 47.5 Å². The van der Waals surface area contributed by atoms with Gasteiger partial charge in [0, 0.05) is 12.1 Å². The molecule has 0 saturated heterocycles. The van der Waals surface area contributed by atoms with E-state index in [4.69, 9.17) is 15.3 Å². The molecule has 2 aromatic rings. The van der Waals surface area contributed by atoms with Crippen LogP contribution in [0.25, 0.3) is 11.1 Å². The third-order valence-electron chi connectivity index (χ3n) is 3.51. The van der Waals surface area contributed by atoms with Gasteiger partial charge in [-0.3, -0.25) is 11.3 Å². The molecule has 0 spiro atoms. The summed E-state index contributed by atoms with van der Waals surface area (Å²) in [7, 11) is 0. The first kappa shape index (κ1) is 14.4. The smallest absolute Gasteiger partial charge is 0.336 e. The molecule has 0 saturated carbocycles. The van der Waals surface area contributed by atoms with Crippen LogP contribution in [0.1, 0.15) is 15.9 Å². The Balaban J connectivity index is 2.19. The molecule has 1 aliphatic heterocycles. The second-order valence-electron chi connectivity index (χ2n) is 4.88. The van der Waals surface area contributed by atoms with Crippen molar-refractivity contribution in [1.82, 2.24) is 5.43 Å². The summed E-state index contributed by atoms with van der Waals surface area (Å²) < 4.78 is 11.0. The van der Waals surface area contributed by atoms with Gasteiger partial charge in [0.2, 0.25) is 0 Å². The highest BCUT2D eigenvalue weighted by Gasteiger charge is 2.21. The van der Waals surface area contributed by atoms with E-state index in [1.54, 1.807) is 6.07 Å². The van der Waals surface area contributed by atoms with Crippen LogP contribution in [0.3, 0.4) is 0 Å². The number of hydrogen-bond donors (Lipinski definition) is 3. The highest BCUT2D eigenvalue weighted by Crippen LogP contribution is 2.38. The van der Waals surface area contributed by atoms with Gasteiger partial charge in [-0.05, 0) is 23.3 Å². The standard InChI is InChI=1S/C16H16N2O4/c17-18-9-10-3-1-2-4-11(10)12-7-14-15(22-6-5-21-14)8-13(12)16(19)20/h1-4,7-8,18H,5-6,9,17H2,(H,19,20). The maximum absolute atomic E-state index is 11.6. The van der Waals surface area contributed by atoms with Crippen molar-refractivity contribution in [1.29, 1.82) is 0 Å². The molecule has 6 nitrogen and oxygen atoms in total. The molecule has 22 heavy (non-hydrogen) atoms. The molecule has 0 unspecified atom stereocenters. The summed E-state index contributed by atoms with van der Waals surface area (Å²) in [6, 6.07) is 10.7. The van der Waals surface area contributed by atoms with Crippen LogP contribution < -0.4 is 20.7 Å². The number of carboxylic acid groups (broad SMARTS) is 1. The fourth-order valence-corrected chi connectivity index (χ4v) is 2.54. The molecule has 3 rings (SSSR count). The van der Waals surface area contributed by atoms with Gasteiger partial charge >= 0.3 is 5.97 Å². The van der Waals surface area contributed by atoms with Gasteiger partial charge in [-0.25, -0.2) is 4.79 Å². The Morgan fingerprint density at radius 1 is 1.14 bits per heavy atom. The van der Waals surface area contributed by atoms with E-state index in [2.05, 4.69) is 5.43 Å². The van der Waals surface area contributed by atoms with Gasteiger partial charge in [0.25, 0.3) is 0 Å². The fraction of sp³-hybridized carbons (Fsp3) is 0.188. The molecule has 0 radical (unpaired) electrons. The number of nitrogens with one attached hydrogen (secondary N) is 1. The van der Waals surface area contributed by atoms with Gasteiger partial charge in [0.15, 0.2) is 11.5 Å². The SMILES string of the molecule is NNCc1ccccc1-c1cc2c(cc1C(=O)O)OCCO2. The number of hydrazine groups is 1. The van der Waals surface area contributed by atoms with Crippen LogP contribution >= 0.6 is 0 Å². The Morgan fingerprint density at radius 2 is 1.82 bits per heavy atom. The molecule has 0 atom stereocenters. The molecule has 0 aliphatic carbocycles. The zero-order valence-electron chi connectivity index (χ0n) is 11.8. The van der Waals surface area contributed by atoms with Crippen molar-refractivity contribution < 1.29 is 19.4 Å². The first-order valence-electron chi connectivity index (χ1n) is 6.89. The molecule has 6 heteroatoms. The lowest BCUT2D eigenvalue weighted by atomic mass is 9.94. The topological polar surface area (TPSA) is 93.8 Å². The number of carbonyl (C=O) groups is 1. The van der Waals surface area contributed by atoms with E-state index in [1.807, 2.05) is 24.3 Å². The summed E-state index contributed by atoms with van der Waals surface area (Å²) in [6.07, 6.45) is 0. The minimum Gasteiger partial charge on any atom is -0.486 e. The average Bonchev–Trinajstić information content (AvgIpc) is 2.54. The number of benzene rings is 2. The van der Waals surface area contributed by atoms with Crippen molar-refractivity contribution >= 4 is 5.97 Å². The number of rotatable bonds is 4. The van der Waals surface area contributed by atoms with Crippen LogP contribution in [0.5, 0.6) is 11.5 Å². The summed E-state index contributed by atoms with van der Waals surface area (Å²) in [5.41, 5.74) is 5.07. The molecule has 0 bridgehead atoms. The molecule has 2 aromatic carbocycles. The van der Waals surface area contributed by atoms with E-state index in [0.717, 1.165) is 11.1 Å². The molecule has 1 heterocycles. The number of ether oxygens (including phenoxy) is 2. The molecule has 4 N–H and O–H groups in total. The number of carboxylic acids is 1.